The van der Waals surface area contributed by atoms with Crippen LogP contribution in [0.25, 0.3) is 22.1 Å². The fourth-order valence-corrected chi connectivity index (χ4v) is 5.16. The molecule has 1 fully saturated rings. The minimum absolute atomic E-state index is 0.0492. The molecule has 0 bridgehead atoms. The number of hydrogen-bond donors (Lipinski definition) is 0. The van der Waals surface area contributed by atoms with E-state index in [0.29, 0.717) is 29.2 Å². The van der Waals surface area contributed by atoms with Gasteiger partial charge in [0.05, 0.1) is 5.56 Å². The third kappa shape index (κ3) is 5.92. The van der Waals surface area contributed by atoms with Crippen LogP contribution in [0.5, 0.6) is 5.75 Å². The zero-order chi connectivity index (χ0) is 26.0. The molecule has 0 N–H and O–H groups in total. The van der Waals surface area contributed by atoms with Gasteiger partial charge in [0.1, 0.15) is 17.9 Å². The molecule has 37 heavy (non-hydrogen) atoms. The van der Waals surface area contributed by atoms with Gasteiger partial charge in [-0.05, 0) is 90.4 Å². The summed E-state index contributed by atoms with van der Waals surface area (Å²) < 4.78 is 11.9. The Balaban J connectivity index is 1.48. The van der Waals surface area contributed by atoms with Gasteiger partial charge >= 0.3 is 5.63 Å². The number of hydrogen-bond acceptors (Lipinski definition) is 4. The van der Waals surface area contributed by atoms with Gasteiger partial charge in [0.25, 0.3) is 0 Å². The van der Waals surface area contributed by atoms with Gasteiger partial charge in [0.2, 0.25) is 0 Å². The highest BCUT2D eigenvalue weighted by Crippen LogP contribution is 2.33. The fourth-order valence-electron chi connectivity index (χ4n) is 5.03. The third-order valence-electron chi connectivity index (χ3n) is 7.19. The molecule has 0 amide bonds. The molecule has 1 aliphatic heterocycles. The van der Waals surface area contributed by atoms with E-state index in [1.807, 2.05) is 30.3 Å². The average Bonchev–Trinajstić information content (AvgIpc) is 3.39. The zero-order valence-electron chi connectivity index (χ0n) is 21.9. The summed E-state index contributed by atoms with van der Waals surface area (Å²) in [5.41, 5.74) is 4.81. The maximum atomic E-state index is 13.3. The summed E-state index contributed by atoms with van der Waals surface area (Å²) in [6.07, 6.45) is 3.18. The van der Waals surface area contributed by atoms with E-state index < -0.39 is 0 Å². The van der Waals surface area contributed by atoms with Crippen molar-refractivity contribution >= 4 is 22.6 Å². The van der Waals surface area contributed by atoms with Crippen molar-refractivity contribution in [3.63, 3.8) is 0 Å². The summed E-state index contributed by atoms with van der Waals surface area (Å²) in [5.74, 6) is 0.869. The molecule has 0 saturated carbocycles. The summed E-state index contributed by atoms with van der Waals surface area (Å²) in [5, 5.41) is 1.58. The first-order chi connectivity index (χ1) is 17.8. The van der Waals surface area contributed by atoms with E-state index in [-0.39, 0.29) is 11.0 Å². The van der Waals surface area contributed by atoms with Crippen LogP contribution < -0.4 is 10.4 Å². The minimum atomic E-state index is -0.335. The molecule has 1 saturated heterocycles. The molecule has 192 valence electrons. The molecule has 1 aliphatic rings. The fraction of sp³-hybridized carbons (Fsp3) is 0.344. The van der Waals surface area contributed by atoms with E-state index in [2.05, 4.69) is 49.9 Å². The highest BCUT2D eigenvalue weighted by molar-refractivity contribution is 6.30. The first-order valence-corrected chi connectivity index (χ1v) is 13.5. The van der Waals surface area contributed by atoms with Crippen molar-refractivity contribution in [1.82, 2.24) is 4.90 Å². The molecule has 2 heterocycles. The highest BCUT2D eigenvalue weighted by atomic mass is 35.5. The molecule has 5 rings (SSSR count). The van der Waals surface area contributed by atoms with Gasteiger partial charge < -0.3 is 9.15 Å². The second kappa shape index (κ2) is 10.7. The minimum Gasteiger partial charge on any atom is -0.492 e. The van der Waals surface area contributed by atoms with Crippen molar-refractivity contribution < 1.29 is 9.15 Å². The van der Waals surface area contributed by atoms with E-state index >= 15 is 0 Å². The average molecular weight is 516 g/mol. The lowest BCUT2D eigenvalue weighted by Crippen LogP contribution is -2.25. The van der Waals surface area contributed by atoms with E-state index in [9.17, 15) is 4.79 Å². The number of halogens is 1. The van der Waals surface area contributed by atoms with Crippen molar-refractivity contribution in [2.45, 2.75) is 45.4 Å². The molecule has 1 aromatic heterocycles. The lowest BCUT2D eigenvalue weighted by molar-refractivity contribution is 0.238. The van der Waals surface area contributed by atoms with E-state index in [1.165, 1.54) is 25.9 Å². The van der Waals surface area contributed by atoms with Crippen molar-refractivity contribution in [2.24, 2.45) is 0 Å². The SMILES string of the molecule is CC(C)(C)c1ccc2c(Cc3ccc(OCCN4CCCC4)cc3)c(-c3ccc(Cl)cc3)c(=O)oc2c1. The molecule has 0 atom stereocenters. The molecular formula is C32H34ClNO3. The van der Waals surface area contributed by atoms with Crippen LogP contribution in [0.15, 0.2) is 75.9 Å². The molecular weight excluding hydrogens is 482 g/mol. The molecule has 4 nitrogen and oxygen atoms in total. The topological polar surface area (TPSA) is 42.7 Å². The summed E-state index contributed by atoms with van der Waals surface area (Å²) >= 11 is 6.14. The summed E-state index contributed by atoms with van der Waals surface area (Å²) in [4.78, 5) is 15.8. The maximum absolute atomic E-state index is 13.3. The van der Waals surface area contributed by atoms with Crippen LogP contribution in [0, 0.1) is 0 Å². The maximum Gasteiger partial charge on any atom is 0.344 e. The normalized spacial score (nSPS) is 14.4. The van der Waals surface area contributed by atoms with Crippen molar-refractivity contribution in [1.29, 1.82) is 0 Å². The Morgan fingerprint density at radius 1 is 0.946 bits per heavy atom. The standard InChI is InChI=1S/C32H34ClNO3/c1-32(2,3)24-10-15-27-28(30(31(35)37-29(27)21-24)23-8-11-25(33)12-9-23)20-22-6-13-26(14-7-22)36-19-18-34-16-4-5-17-34/h6-15,21H,4-5,16-20H2,1-3H3. The van der Waals surface area contributed by atoms with Crippen LogP contribution in [0.4, 0.5) is 0 Å². The number of nitrogens with zero attached hydrogens (tertiary/aromatic N) is 1. The number of rotatable bonds is 7. The number of likely N-dealkylation sites (tertiary alicyclic amines) is 1. The Kier molecular flexibility index (Phi) is 7.41. The summed E-state index contributed by atoms with van der Waals surface area (Å²) in [6, 6.07) is 21.8. The molecule has 4 aromatic rings. The van der Waals surface area contributed by atoms with Crippen molar-refractivity contribution in [3.8, 4) is 16.9 Å². The van der Waals surface area contributed by atoms with Crippen LogP contribution >= 0.6 is 11.6 Å². The predicted molar refractivity (Wildman–Crippen MR) is 152 cm³/mol. The Morgan fingerprint density at radius 2 is 1.65 bits per heavy atom. The summed E-state index contributed by atoms with van der Waals surface area (Å²) in [7, 11) is 0. The van der Waals surface area contributed by atoms with Gasteiger partial charge in [0, 0.05) is 17.0 Å². The molecule has 0 spiro atoms. The third-order valence-corrected chi connectivity index (χ3v) is 7.45. The Labute approximate surface area is 223 Å². The monoisotopic (exact) mass is 515 g/mol. The first-order valence-electron chi connectivity index (χ1n) is 13.1. The number of benzene rings is 3. The van der Waals surface area contributed by atoms with Gasteiger partial charge in [-0.1, -0.05) is 68.8 Å². The first kappa shape index (κ1) is 25.6. The van der Waals surface area contributed by atoms with E-state index in [1.54, 1.807) is 12.1 Å². The molecule has 0 radical (unpaired) electrons. The van der Waals surface area contributed by atoms with Gasteiger partial charge in [-0.25, -0.2) is 4.79 Å². The van der Waals surface area contributed by atoms with Crippen LogP contribution in [-0.4, -0.2) is 31.1 Å². The van der Waals surface area contributed by atoms with Crippen LogP contribution in [0.2, 0.25) is 5.02 Å². The second-order valence-electron chi connectivity index (χ2n) is 10.9. The summed E-state index contributed by atoms with van der Waals surface area (Å²) in [6.45, 7) is 10.5. The van der Waals surface area contributed by atoms with E-state index in [4.69, 9.17) is 20.8 Å². The van der Waals surface area contributed by atoms with Crippen LogP contribution in [-0.2, 0) is 11.8 Å². The molecule has 0 unspecified atom stereocenters. The molecule has 5 heteroatoms. The molecule has 3 aromatic carbocycles. The van der Waals surface area contributed by atoms with Gasteiger partial charge in [-0.2, -0.15) is 0 Å². The number of ether oxygens (including phenoxy) is 1. The Bertz CT molecular complexity index is 1430. The van der Waals surface area contributed by atoms with Crippen LogP contribution in [0.1, 0.15) is 50.3 Å². The lowest BCUT2D eigenvalue weighted by atomic mass is 9.85. The van der Waals surface area contributed by atoms with Gasteiger partial charge in [0.15, 0.2) is 0 Å². The van der Waals surface area contributed by atoms with Gasteiger partial charge in [-0.3, -0.25) is 4.90 Å². The quantitative estimate of drug-likeness (QED) is 0.239. The van der Waals surface area contributed by atoms with Gasteiger partial charge in [-0.15, -0.1) is 0 Å². The second-order valence-corrected chi connectivity index (χ2v) is 11.4. The van der Waals surface area contributed by atoms with Crippen molar-refractivity contribution in [2.75, 3.05) is 26.2 Å². The van der Waals surface area contributed by atoms with Crippen molar-refractivity contribution in [3.05, 3.63) is 98.9 Å². The predicted octanol–water partition coefficient (Wildman–Crippen LogP) is 7.48. The number of fused-ring (bicyclic) bond motifs is 1. The van der Waals surface area contributed by atoms with E-state index in [0.717, 1.165) is 39.9 Å². The largest absolute Gasteiger partial charge is 0.492 e. The van der Waals surface area contributed by atoms with Crippen LogP contribution in [0.3, 0.4) is 0 Å². The molecule has 0 aliphatic carbocycles. The smallest absolute Gasteiger partial charge is 0.344 e. The Hall–Kier alpha value is -3.08. The Morgan fingerprint density at radius 3 is 2.32 bits per heavy atom. The highest BCUT2D eigenvalue weighted by Gasteiger charge is 2.20. The zero-order valence-corrected chi connectivity index (χ0v) is 22.6. The lowest BCUT2D eigenvalue weighted by Gasteiger charge is -2.20.